The summed E-state index contributed by atoms with van der Waals surface area (Å²) < 4.78 is 11.4. The summed E-state index contributed by atoms with van der Waals surface area (Å²) in [6.45, 7) is 4.03. The summed E-state index contributed by atoms with van der Waals surface area (Å²) in [6.07, 6.45) is 0. The van der Waals surface area contributed by atoms with Crippen LogP contribution in [0.3, 0.4) is 0 Å². The van der Waals surface area contributed by atoms with Gasteiger partial charge in [0.25, 0.3) is 5.89 Å². The van der Waals surface area contributed by atoms with Crippen LogP contribution in [0.5, 0.6) is 0 Å². The molecule has 6 nitrogen and oxygen atoms in total. The molecular weight excluding hydrogens is 384 g/mol. The van der Waals surface area contributed by atoms with Crippen LogP contribution in [-0.2, 0) is 0 Å². The lowest BCUT2D eigenvalue weighted by Crippen LogP contribution is -2.32. The minimum absolute atomic E-state index is 0.412. The van der Waals surface area contributed by atoms with Gasteiger partial charge < -0.3 is 13.8 Å². The topological polar surface area (TPSA) is 68.2 Å². The molecule has 146 valence electrons. The summed E-state index contributed by atoms with van der Waals surface area (Å²) in [5, 5.41) is 12.7. The zero-order valence-electron chi connectivity index (χ0n) is 16.0. The van der Waals surface area contributed by atoms with Crippen LogP contribution in [0, 0.1) is 6.92 Å². The first-order valence-electron chi connectivity index (χ1n) is 9.58. The van der Waals surface area contributed by atoms with Gasteiger partial charge in [-0.1, -0.05) is 35.5 Å². The predicted molar refractivity (Wildman–Crippen MR) is 115 cm³/mol. The van der Waals surface area contributed by atoms with Crippen LogP contribution >= 0.6 is 11.8 Å². The molecule has 0 radical (unpaired) electrons. The second-order valence-corrected chi connectivity index (χ2v) is 8.11. The van der Waals surface area contributed by atoms with Crippen molar-refractivity contribution in [1.29, 1.82) is 0 Å². The largest absolute Gasteiger partial charge is 0.416 e. The summed E-state index contributed by atoms with van der Waals surface area (Å²) in [5.41, 5.74) is 4.52. The molecule has 0 aliphatic carbocycles. The van der Waals surface area contributed by atoms with Crippen LogP contribution in [-0.4, -0.2) is 39.9 Å². The minimum Gasteiger partial charge on any atom is -0.416 e. The van der Waals surface area contributed by atoms with Crippen molar-refractivity contribution in [3.05, 3.63) is 60.4 Å². The van der Waals surface area contributed by atoms with Gasteiger partial charge in [-0.05, 0) is 31.2 Å². The Hall–Kier alpha value is -3.06. The highest BCUT2D eigenvalue weighted by Crippen LogP contribution is 2.35. The Bertz CT molecular complexity index is 1100. The number of hydrogen-bond acceptors (Lipinski definition) is 7. The molecule has 1 saturated heterocycles. The van der Waals surface area contributed by atoms with E-state index >= 15 is 0 Å². The van der Waals surface area contributed by atoms with E-state index in [0.717, 1.165) is 29.8 Å². The fraction of sp³-hybridized carbons (Fsp3) is 0.227. The normalized spacial score (nSPS) is 14.3. The van der Waals surface area contributed by atoms with Gasteiger partial charge in [-0.25, -0.2) is 0 Å². The van der Waals surface area contributed by atoms with Crippen molar-refractivity contribution in [2.75, 3.05) is 29.5 Å². The molecule has 4 aromatic rings. The Balaban J connectivity index is 1.44. The molecule has 0 spiro atoms. The Morgan fingerprint density at radius 1 is 0.862 bits per heavy atom. The molecule has 29 heavy (non-hydrogen) atoms. The SMILES string of the molecule is Cc1onc(-c2ccccc2)c1-c1nnc(-c2ccc(N3CCSCC3)cc2)o1. The van der Waals surface area contributed by atoms with Crippen molar-refractivity contribution < 1.29 is 8.94 Å². The van der Waals surface area contributed by atoms with Crippen molar-refractivity contribution in [2.24, 2.45) is 0 Å². The number of anilines is 1. The summed E-state index contributed by atoms with van der Waals surface area (Å²) in [7, 11) is 0. The van der Waals surface area contributed by atoms with Gasteiger partial charge in [0, 0.05) is 41.4 Å². The van der Waals surface area contributed by atoms with E-state index in [1.807, 2.05) is 61.2 Å². The number of hydrogen-bond donors (Lipinski definition) is 0. The van der Waals surface area contributed by atoms with E-state index < -0.39 is 0 Å². The van der Waals surface area contributed by atoms with Crippen LogP contribution in [0.15, 0.2) is 63.5 Å². The van der Waals surface area contributed by atoms with Crippen molar-refractivity contribution >= 4 is 17.4 Å². The Morgan fingerprint density at radius 2 is 1.59 bits per heavy atom. The molecule has 0 amide bonds. The number of aromatic nitrogens is 3. The van der Waals surface area contributed by atoms with Crippen LogP contribution in [0.4, 0.5) is 5.69 Å². The van der Waals surface area contributed by atoms with E-state index in [0.29, 0.717) is 23.2 Å². The van der Waals surface area contributed by atoms with E-state index in [9.17, 15) is 0 Å². The molecule has 0 atom stereocenters. The third-order valence-corrected chi connectivity index (χ3v) is 5.98. The van der Waals surface area contributed by atoms with Crippen LogP contribution < -0.4 is 4.90 Å². The average Bonchev–Trinajstić information content (AvgIpc) is 3.42. The maximum atomic E-state index is 6.00. The molecule has 0 unspecified atom stereocenters. The van der Waals surface area contributed by atoms with Gasteiger partial charge in [-0.2, -0.15) is 11.8 Å². The van der Waals surface area contributed by atoms with E-state index in [4.69, 9.17) is 8.94 Å². The second kappa shape index (κ2) is 7.75. The molecular formula is C22H20N4O2S. The zero-order chi connectivity index (χ0) is 19.6. The molecule has 0 bridgehead atoms. The summed E-state index contributed by atoms with van der Waals surface area (Å²) >= 11 is 2.01. The van der Waals surface area contributed by atoms with Crippen LogP contribution in [0.25, 0.3) is 34.2 Å². The minimum atomic E-state index is 0.412. The van der Waals surface area contributed by atoms with Crippen molar-refractivity contribution in [1.82, 2.24) is 15.4 Å². The van der Waals surface area contributed by atoms with Gasteiger partial charge in [-0.3, -0.25) is 0 Å². The highest BCUT2D eigenvalue weighted by Gasteiger charge is 2.22. The Morgan fingerprint density at radius 3 is 2.34 bits per heavy atom. The number of aryl methyl sites for hydroxylation is 1. The first-order valence-corrected chi connectivity index (χ1v) is 10.7. The van der Waals surface area contributed by atoms with Gasteiger partial charge in [0.05, 0.1) is 0 Å². The molecule has 0 N–H and O–H groups in total. The number of thioether (sulfide) groups is 1. The molecule has 0 saturated carbocycles. The molecule has 5 rings (SSSR count). The first kappa shape index (κ1) is 18.0. The third kappa shape index (κ3) is 3.53. The molecule has 1 aliphatic rings. The van der Waals surface area contributed by atoms with Gasteiger partial charge in [0.2, 0.25) is 5.89 Å². The fourth-order valence-corrected chi connectivity index (χ4v) is 4.40. The summed E-state index contributed by atoms with van der Waals surface area (Å²) in [5.74, 6) is 3.90. The zero-order valence-corrected chi connectivity index (χ0v) is 16.9. The lowest BCUT2D eigenvalue weighted by Gasteiger charge is -2.28. The van der Waals surface area contributed by atoms with Crippen molar-refractivity contribution in [3.63, 3.8) is 0 Å². The number of benzene rings is 2. The van der Waals surface area contributed by atoms with Gasteiger partial charge in [-0.15, -0.1) is 10.2 Å². The molecule has 1 fully saturated rings. The molecule has 3 heterocycles. The highest BCUT2D eigenvalue weighted by atomic mass is 32.2. The maximum Gasteiger partial charge on any atom is 0.254 e. The highest BCUT2D eigenvalue weighted by molar-refractivity contribution is 7.99. The van der Waals surface area contributed by atoms with Gasteiger partial charge in [0.1, 0.15) is 17.0 Å². The Labute approximate surface area is 172 Å². The molecule has 1 aliphatic heterocycles. The van der Waals surface area contributed by atoms with Gasteiger partial charge >= 0.3 is 0 Å². The maximum absolute atomic E-state index is 6.00. The van der Waals surface area contributed by atoms with Crippen LogP contribution in [0.1, 0.15) is 5.76 Å². The molecule has 2 aromatic carbocycles. The number of nitrogens with zero attached hydrogens (tertiary/aromatic N) is 4. The lowest BCUT2D eigenvalue weighted by atomic mass is 10.1. The van der Waals surface area contributed by atoms with Crippen molar-refractivity contribution in [2.45, 2.75) is 6.92 Å². The average molecular weight is 404 g/mol. The van der Waals surface area contributed by atoms with Gasteiger partial charge in [0.15, 0.2) is 0 Å². The summed E-state index contributed by atoms with van der Waals surface area (Å²) in [4.78, 5) is 2.41. The second-order valence-electron chi connectivity index (χ2n) is 6.89. The van der Waals surface area contributed by atoms with E-state index in [2.05, 4.69) is 32.4 Å². The summed E-state index contributed by atoms with van der Waals surface area (Å²) in [6, 6.07) is 18.2. The predicted octanol–water partition coefficient (Wildman–Crippen LogP) is 4.92. The molecule has 2 aromatic heterocycles. The Kier molecular flexibility index (Phi) is 4.81. The van der Waals surface area contributed by atoms with E-state index in [1.165, 1.54) is 17.2 Å². The van der Waals surface area contributed by atoms with E-state index in [1.54, 1.807) is 0 Å². The van der Waals surface area contributed by atoms with Crippen molar-refractivity contribution in [3.8, 4) is 34.2 Å². The van der Waals surface area contributed by atoms with Crippen LogP contribution in [0.2, 0.25) is 0 Å². The fourth-order valence-electron chi connectivity index (χ4n) is 3.49. The number of rotatable bonds is 4. The first-order chi connectivity index (χ1) is 14.3. The van der Waals surface area contributed by atoms with E-state index in [-0.39, 0.29) is 0 Å². The monoisotopic (exact) mass is 404 g/mol. The quantitative estimate of drug-likeness (QED) is 0.478. The standard InChI is InChI=1S/C22H20N4O2S/c1-15-19(20(25-28-15)16-5-3-2-4-6-16)22-24-23-21(27-22)17-7-9-18(10-8-17)26-11-13-29-14-12-26/h2-10H,11-14H2,1H3. The molecule has 7 heteroatoms. The third-order valence-electron chi connectivity index (χ3n) is 5.04. The lowest BCUT2D eigenvalue weighted by molar-refractivity contribution is 0.399. The smallest absolute Gasteiger partial charge is 0.254 e.